The Bertz CT molecular complexity index is 2540. The van der Waals surface area contributed by atoms with Crippen LogP contribution in [0, 0.1) is 35.1 Å². The summed E-state index contributed by atoms with van der Waals surface area (Å²) in [7, 11) is 2.35. The van der Waals surface area contributed by atoms with Crippen molar-refractivity contribution in [3.8, 4) is 17.0 Å². The second kappa shape index (κ2) is 18.7. The first-order chi connectivity index (χ1) is 30.9. The molecule has 4 aromatic rings. The van der Waals surface area contributed by atoms with Crippen molar-refractivity contribution in [1.82, 2.24) is 25.0 Å². The number of carbonyl (C=O) groups is 6. The van der Waals surface area contributed by atoms with Crippen molar-refractivity contribution in [2.75, 3.05) is 37.9 Å². The quantitative estimate of drug-likeness (QED) is 0.0972. The molecule has 1 aromatic heterocycles. The molecule has 1 unspecified atom stereocenters. The van der Waals surface area contributed by atoms with Gasteiger partial charge < -0.3 is 49.8 Å². The number of likely N-dealkylation sites (tertiary alicyclic amines) is 2. The van der Waals surface area contributed by atoms with E-state index in [4.69, 9.17) is 4.74 Å². The first kappa shape index (κ1) is 46.1. The van der Waals surface area contributed by atoms with Gasteiger partial charge in [0.15, 0.2) is 23.3 Å². The summed E-state index contributed by atoms with van der Waals surface area (Å²) in [5.74, 6) is -9.33. The molecule has 7 rings (SSSR count). The summed E-state index contributed by atoms with van der Waals surface area (Å²) in [5, 5.41) is 11.1. The Hall–Kier alpha value is -6.86. The number of amides is 6. The number of ether oxygens (including phenoxy) is 3. The zero-order chi connectivity index (χ0) is 47.0. The molecule has 6 amide bonds. The van der Waals surface area contributed by atoms with Gasteiger partial charge in [-0.25, -0.2) is 27.2 Å². The van der Waals surface area contributed by atoms with E-state index in [0.29, 0.717) is 53.5 Å². The highest BCUT2D eigenvalue weighted by Crippen LogP contribution is 2.47. The summed E-state index contributed by atoms with van der Waals surface area (Å²) in [6.07, 6.45) is -1.70. The van der Waals surface area contributed by atoms with Crippen LogP contribution in [-0.4, -0.2) is 102 Å². The summed E-state index contributed by atoms with van der Waals surface area (Å²) < 4.78 is 77.8. The van der Waals surface area contributed by atoms with Crippen molar-refractivity contribution in [3.05, 3.63) is 77.4 Å². The van der Waals surface area contributed by atoms with Crippen LogP contribution in [-0.2, 0) is 28.7 Å². The van der Waals surface area contributed by atoms with E-state index in [1.54, 1.807) is 52.0 Å². The van der Waals surface area contributed by atoms with Crippen molar-refractivity contribution in [2.45, 2.75) is 83.8 Å². The van der Waals surface area contributed by atoms with Gasteiger partial charge in [0, 0.05) is 47.5 Å². The molecule has 4 heterocycles. The molecule has 5 atom stereocenters. The minimum atomic E-state index is -1.82. The molecule has 0 aliphatic carbocycles. The van der Waals surface area contributed by atoms with E-state index in [1.165, 1.54) is 46.8 Å². The Labute approximate surface area is 370 Å². The average Bonchev–Trinajstić information content (AvgIpc) is 4.05. The topological polar surface area (TPSA) is 190 Å². The maximum atomic E-state index is 15.6. The molecule has 2 saturated heterocycles. The first-order valence-corrected chi connectivity index (χ1v) is 21.1. The van der Waals surface area contributed by atoms with E-state index < -0.39 is 95.0 Å². The number of hydrogen-bond donors (Lipinski definition) is 4. The van der Waals surface area contributed by atoms with Crippen LogP contribution in [0.25, 0.3) is 22.2 Å². The maximum absolute atomic E-state index is 15.6. The highest BCUT2D eigenvalue weighted by molar-refractivity contribution is 6.02. The normalized spacial score (nSPS) is 18.7. The van der Waals surface area contributed by atoms with Crippen LogP contribution in [0.4, 0.5) is 38.5 Å². The number of hydrogen-bond acceptors (Lipinski definition) is 9. The molecule has 3 aliphatic heterocycles. The van der Waals surface area contributed by atoms with Gasteiger partial charge in [0.05, 0.1) is 31.0 Å². The number of alkyl carbamates (subject to hydrolysis) is 2. The number of fused-ring (bicyclic) bond motifs is 5. The van der Waals surface area contributed by atoms with Crippen LogP contribution in [0.3, 0.4) is 0 Å². The predicted molar refractivity (Wildman–Crippen MR) is 227 cm³/mol. The molecule has 0 bridgehead atoms. The van der Waals surface area contributed by atoms with Crippen molar-refractivity contribution < 1.29 is 60.5 Å². The molecule has 3 aromatic carbocycles. The van der Waals surface area contributed by atoms with Gasteiger partial charge in [-0.1, -0.05) is 27.7 Å². The average molecular weight is 908 g/mol. The third kappa shape index (κ3) is 8.97. The number of rotatable bonds is 11. The second-order valence-electron chi connectivity index (χ2n) is 16.8. The number of benzene rings is 3. The molecule has 20 heteroatoms. The van der Waals surface area contributed by atoms with Gasteiger partial charge in [-0.2, -0.15) is 0 Å². The third-order valence-electron chi connectivity index (χ3n) is 12.0. The number of carbonyl (C=O) groups excluding carboxylic acids is 6. The van der Waals surface area contributed by atoms with Gasteiger partial charge in [0.1, 0.15) is 29.9 Å². The van der Waals surface area contributed by atoms with E-state index in [2.05, 4.69) is 30.7 Å². The highest BCUT2D eigenvalue weighted by Gasteiger charge is 2.41. The summed E-state index contributed by atoms with van der Waals surface area (Å²) in [5.41, 5.74) is 0.362. The van der Waals surface area contributed by atoms with Crippen LogP contribution >= 0.6 is 0 Å². The summed E-state index contributed by atoms with van der Waals surface area (Å²) in [6.45, 7) is 7.52. The van der Waals surface area contributed by atoms with Gasteiger partial charge in [-0.3, -0.25) is 19.2 Å². The van der Waals surface area contributed by atoms with Gasteiger partial charge in [0.25, 0.3) is 0 Å². The monoisotopic (exact) mass is 907 g/mol. The van der Waals surface area contributed by atoms with E-state index in [0.717, 1.165) is 0 Å². The molecule has 0 saturated carbocycles. The minimum absolute atomic E-state index is 0.0195. The highest BCUT2D eigenvalue weighted by atomic mass is 19.2. The smallest absolute Gasteiger partial charge is 0.407 e. The molecule has 2 fully saturated rings. The lowest BCUT2D eigenvalue weighted by Crippen LogP contribution is -2.54. The van der Waals surface area contributed by atoms with Gasteiger partial charge in [-0.05, 0) is 73.9 Å². The van der Waals surface area contributed by atoms with Crippen LogP contribution in [0.2, 0.25) is 0 Å². The van der Waals surface area contributed by atoms with Crippen LogP contribution in [0.5, 0.6) is 5.75 Å². The van der Waals surface area contributed by atoms with Crippen LogP contribution < -0.4 is 26.0 Å². The Kier molecular flexibility index (Phi) is 13.3. The summed E-state index contributed by atoms with van der Waals surface area (Å²) in [6, 6.07) is 7.16. The first-order valence-electron chi connectivity index (χ1n) is 21.1. The maximum Gasteiger partial charge on any atom is 0.407 e. The molecule has 65 heavy (non-hydrogen) atoms. The molecule has 346 valence electrons. The number of nitrogens with zero attached hydrogens (tertiary/aromatic N) is 3. The van der Waals surface area contributed by atoms with E-state index in [-0.39, 0.29) is 42.4 Å². The minimum Gasteiger partial charge on any atom is -0.465 e. The SMILES string of the molecule is COC(=O)NC(C(=O)N1CCC[C@H]1C(=O)Nc1ccc2c(c1)cc1n2[C@H](c2c(F)c(F)cc(F)c2F)Oc2cc(NC(=O)[C@@H]3CCCN3C(=O)[C@@H](NC(=O)OC)C(C)C)ccc2-1)C(C)C. The van der Waals surface area contributed by atoms with E-state index in [9.17, 15) is 37.5 Å². The molecule has 3 aliphatic rings. The lowest BCUT2D eigenvalue weighted by Gasteiger charge is -2.31. The lowest BCUT2D eigenvalue weighted by molar-refractivity contribution is -0.139. The second-order valence-corrected chi connectivity index (χ2v) is 16.8. The van der Waals surface area contributed by atoms with Crippen molar-refractivity contribution in [1.29, 1.82) is 0 Å². The van der Waals surface area contributed by atoms with E-state index >= 15 is 8.78 Å². The molecule has 4 N–H and O–H groups in total. The van der Waals surface area contributed by atoms with Crippen LogP contribution in [0.15, 0.2) is 48.5 Å². The van der Waals surface area contributed by atoms with Crippen molar-refractivity contribution in [2.24, 2.45) is 11.8 Å². The lowest BCUT2D eigenvalue weighted by atomic mass is 10.0. The zero-order valence-electron chi connectivity index (χ0n) is 36.4. The predicted octanol–water partition coefficient (Wildman–Crippen LogP) is 6.42. The number of halogens is 4. The Morgan fingerprint density at radius 3 is 1.66 bits per heavy atom. The fourth-order valence-electron chi connectivity index (χ4n) is 8.67. The molecule has 16 nitrogen and oxygen atoms in total. The number of nitrogens with one attached hydrogen (secondary N) is 4. The molecule has 0 radical (unpaired) electrons. The Morgan fingerprint density at radius 2 is 1.17 bits per heavy atom. The third-order valence-corrected chi connectivity index (χ3v) is 12.0. The summed E-state index contributed by atoms with van der Waals surface area (Å²) >= 11 is 0. The van der Waals surface area contributed by atoms with Gasteiger partial charge in [-0.15, -0.1) is 0 Å². The zero-order valence-corrected chi connectivity index (χ0v) is 36.4. The fourth-order valence-corrected chi connectivity index (χ4v) is 8.67. The Balaban J connectivity index is 1.19. The van der Waals surface area contributed by atoms with Gasteiger partial charge in [0.2, 0.25) is 29.9 Å². The van der Waals surface area contributed by atoms with E-state index in [1.807, 2.05) is 0 Å². The van der Waals surface area contributed by atoms with Crippen LogP contribution in [0.1, 0.15) is 65.2 Å². The summed E-state index contributed by atoms with van der Waals surface area (Å²) in [4.78, 5) is 81.5. The number of methoxy groups -OCH3 is 2. The van der Waals surface area contributed by atoms with Crippen molar-refractivity contribution in [3.63, 3.8) is 0 Å². The number of aromatic nitrogens is 1. The standard InChI is InChI=1S/C45H49F4N7O9/c1-21(2)37(52-44(61)63-5)41(59)54-15-7-9-30(54)39(57)50-24-12-14-29-23(17-24)18-32-26-13-11-25(19-33(26)65-43(56(29)32)34-35(48)27(46)20-28(47)36(34)49)51-40(58)31-10-8-16-55(31)42(60)38(22(3)4)53-45(62)64-6/h11-14,17-22,30-31,37-38,43H,7-10,15-16H2,1-6H3,(H,50,57)(H,51,58)(H,52,61)(H,53,62)/t30-,31-,37?,38-,43-/m0/s1. The molecule has 0 spiro atoms. The fraction of sp³-hybridized carbons (Fsp3) is 0.422. The Morgan fingerprint density at radius 1 is 0.677 bits per heavy atom. The molecular formula is C45H49F4N7O9. The van der Waals surface area contributed by atoms with Gasteiger partial charge >= 0.3 is 12.2 Å². The largest absolute Gasteiger partial charge is 0.465 e. The van der Waals surface area contributed by atoms with Crippen molar-refractivity contribution >= 4 is 58.1 Å². The molecular weight excluding hydrogens is 859 g/mol. The number of anilines is 2.